The molecule has 0 aliphatic carbocycles. The number of hydrogen-bond acceptors (Lipinski definition) is 4. The lowest BCUT2D eigenvalue weighted by Crippen LogP contribution is -2.37. The molecule has 5 nitrogen and oxygen atoms in total. The molecule has 0 aliphatic heterocycles. The standard InChI is InChI=1S/C14H11Cl2N3O2S/c15-9-4-5-11(10(16)7-9)21-8-13(20)19-14(22)18-12-3-1-2-6-17-12/h1-7H,8H2,(H2,17,18,19,20,22). The van der Waals surface area contributed by atoms with Gasteiger partial charge in [-0.25, -0.2) is 4.98 Å². The van der Waals surface area contributed by atoms with Crippen LogP contribution in [0.25, 0.3) is 0 Å². The number of carbonyl (C=O) groups is 1. The van der Waals surface area contributed by atoms with Crippen LogP contribution in [-0.4, -0.2) is 22.6 Å². The first-order chi connectivity index (χ1) is 10.5. The summed E-state index contributed by atoms with van der Waals surface area (Å²) in [5.41, 5.74) is 0. The summed E-state index contributed by atoms with van der Waals surface area (Å²) in [7, 11) is 0. The summed E-state index contributed by atoms with van der Waals surface area (Å²) in [5, 5.41) is 6.21. The number of amides is 1. The summed E-state index contributed by atoms with van der Waals surface area (Å²) < 4.78 is 5.30. The highest BCUT2D eigenvalue weighted by molar-refractivity contribution is 7.80. The minimum atomic E-state index is -0.417. The molecule has 0 saturated heterocycles. The summed E-state index contributed by atoms with van der Waals surface area (Å²) in [5.74, 6) is 0.485. The van der Waals surface area contributed by atoms with E-state index in [0.717, 1.165) is 0 Å². The number of hydrogen-bond donors (Lipinski definition) is 2. The molecule has 8 heteroatoms. The largest absolute Gasteiger partial charge is 0.482 e. The Hall–Kier alpha value is -1.89. The number of ether oxygens (including phenoxy) is 1. The summed E-state index contributed by atoms with van der Waals surface area (Å²) >= 11 is 16.7. The van der Waals surface area contributed by atoms with Gasteiger partial charge in [0.1, 0.15) is 11.6 Å². The molecular formula is C14H11Cl2N3O2S. The number of rotatable bonds is 4. The number of nitrogens with zero attached hydrogens (tertiary/aromatic N) is 1. The number of aromatic nitrogens is 1. The van der Waals surface area contributed by atoms with Crippen molar-refractivity contribution in [3.63, 3.8) is 0 Å². The van der Waals surface area contributed by atoms with Crippen LogP contribution in [0.4, 0.5) is 5.82 Å². The van der Waals surface area contributed by atoms with E-state index in [9.17, 15) is 4.79 Å². The average molecular weight is 356 g/mol. The molecule has 0 unspecified atom stereocenters. The smallest absolute Gasteiger partial charge is 0.264 e. The Morgan fingerprint density at radius 2 is 2.09 bits per heavy atom. The summed E-state index contributed by atoms with van der Waals surface area (Å²) in [4.78, 5) is 15.8. The zero-order valence-electron chi connectivity index (χ0n) is 11.2. The predicted molar refractivity (Wildman–Crippen MR) is 90.6 cm³/mol. The van der Waals surface area contributed by atoms with Gasteiger partial charge in [-0.1, -0.05) is 29.3 Å². The van der Waals surface area contributed by atoms with Gasteiger partial charge in [-0.3, -0.25) is 10.1 Å². The number of pyridine rings is 1. The molecule has 1 aromatic carbocycles. The molecule has 1 amide bonds. The fourth-order valence-electron chi connectivity index (χ4n) is 1.48. The third-order valence-corrected chi connectivity index (χ3v) is 3.15. The minimum absolute atomic E-state index is 0.134. The Bertz CT molecular complexity index is 683. The Balaban J connectivity index is 1.81. The first-order valence-corrected chi connectivity index (χ1v) is 7.31. The third kappa shape index (κ3) is 5.14. The molecule has 0 atom stereocenters. The highest BCUT2D eigenvalue weighted by Gasteiger charge is 2.08. The van der Waals surface area contributed by atoms with Crippen molar-refractivity contribution in [1.29, 1.82) is 0 Å². The fraction of sp³-hybridized carbons (Fsp3) is 0.0714. The van der Waals surface area contributed by atoms with Gasteiger partial charge in [-0.2, -0.15) is 0 Å². The number of benzene rings is 1. The van der Waals surface area contributed by atoms with E-state index in [4.69, 9.17) is 40.2 Å². The maximum Gasteiger partial charge on any atom is 0.264 e. The second kappa shape index (κ2) is 7.93. The van der Waals surface area contributed by atoms with Crippen LogP contribution in [0, 0.1) is 0 Å². The first-order valence-electron chi connectivity index (χ1n) is 6.14. The van der Waals surface area contributed by atoms with Crippen molar-refractivity contribution in [2.45, 2.75) is 0 Å². The quantitative estimate of drug-likeness (QED) is 0.824. The summed E-state index contributed by atoms with van der Waals surface area (Å²) in [6.45, 7) is -0.231. The predicted octanol–water partition coefficient (Wildman–Crippen LogP) is 3.28. The normalized spacial score (nSPS) is 9.91. The van der Waals surface area contributed by atoms with Crippen LogP contribution in [-0.2, 0) is 4.79 Å². The number of nitrogens with one attached hydrogen (secondary N) is 2. The molecule has 0 radical (unpaired) electrons. The Morgan fingerprint density at radius 3 is 2.77 bits per heavy atom. The molecule has 1 aromatic heterocycles. The van der Waals surface area contributed by atoms with Crippen molar-refractivity contribution >= 4 is 52.3 Å². The van der Waals surface area contributed by atoms with Gasteiger partial charge in [0, 0.05) is 11.2 Å². The second-order valence-corrected chi connectivity index (χ2v) is 5.33. The van der Waals surface area contributed by atoms with E-state index in [1.54, 1.807) is 36.5 Å². The van der Waals surface area contributed by atoms with E-state index in [1.807, 2.05) is 0 Å². The lowest BCUT2D eigenvalue weighted by Gasteiger charge is -2.10. The van der Waals surface area contributed by atoms with Crippen LogP contribution in [0.3, 0.4) is 0 Å². The zero-order valence-corrected chi connectivity index (χ0v) is 13.5. The maximum absolute atomic E-state index is 11.7. The Labute approximate surface area is 142 Å². The highest BCUT2D eigenvalue weighted by Crippen LogP contribution is 2.27. The van der Waals surface area contributed by atoms with Gasteiger partial charge in [0.2, 0.25) is 0 Å². The molecule has 114 valence electrons. The number of anilines is 1. The number of carbonyl (C=O) groups excluding carboxylic acids is 1. The summed E-state index contributed by atoms with van der Waals surface area (Å²) in [6, 6.07) is 10.0. The van der Waals surface area contributed by atoms with Gasteiger partial charge in [-0.15, -0.1) is 0 Å². The topological polar surface area (TPSA) is 63.2 Å². The molecule has 0 fully saturated rings. The van der Waals surface area contributed by atoms with E-state index in [-0.39, 0.29) is 11.7 Å². The van der Waals surface area contributed by atoms with Crippen molar-refractivity contribution in [2.24, 2.45) is 0 Å². The molecule has 0 spiro atoms. The van der Waals surface area contributed by atoms with E-state index in [1.165, 1.54) is 6.07 Å². The number of thiocarbonyl (C=S) groups is 1. The maximum atomic E-state index is 11.7. The van der Waals surface area contributed by atoms with Gasteiger partial charge in [0.25, 0.3) is 5.91 Å². The fourth-order valence-corrected chi connectivity index (χ4v) is 2.16. The van der Waals surface area contributed by atoms with E-state index < -0.39 is 5.91 Å². The first kappa shape index (κ1) is 16.5. The average Bonchev–Trinajstić information content (AvgIpc) is 2.47. The molecule has 0 aliphatic rings. The lowest BCUT2D eigenvalue weighted by molar-refractivity contribution is -0.121. The van der Waals surface area contributed by atoms with Crippen LogP contribution >= 0.6 is 35.4 Å². The Morgan fingerprint density at radius 1 is 1.27 bits per heavy atom. The molecule has 0 saturated carbocycles. The van der Waals surface area contributed by atoms with Crippen LogP contribution < -0.4 is 15.4 Å². The van der Waals surface area contributed by atoms with Gasteiger partial charge in [-0.05, 0) is 42.5 Å². The second-order valence-electron chi connectivity index (χ2n) is 4.08. The van der Waals surface area contributed by atoms with Gasteiger partial charge in [0.05, 0.1) is 5.02 Å². The van der Waals surface area contributed by atoms with E-state index in [0.29, 0.717) is 21.6 Å². The minimum Gasteiger partial charge on any atom is -0.482 e. The molecule has 1 heterocycles. The molecule has 2 rings (SSSR count). The highest BCUT2D eigenvalue weighted by atomic mass is 35.5. The van der Waals surface area contributed by atoms with Gasteiger partial charge in [0.15, 0.2) is 11.7 Å². The van der Waals surface area contributed by atoms with Crippen molar-refractivity contribution < 1.29 is 9.53 Å². The van der Waals surface area contributed by atoms with E-state index >= 15 is 0 Å². The van der Waals surface area contributed by atoms with Crippen molar-refractivity contribution in [3.8, 4) is 5.75 Å². The van der Waals surface area contributed by atoms with Crippen molar-refractivity contribution in [3.05, 3.63) is 52.6 Å². The van der Waals surface area contributed by atoms with Crippen LogP contribution in [0.2, 0.25) is 10.0 Å². The molecular weight excluding hydrogens is 345 g/mol. The monoisotopic (exact) mass is 355 g/mol. The molecule has 22 heavy (non-hydrogen) atoms. The molecule has 0 bridgehead atoms. The molecule has 2 N–H and O–H groups in total. The zero-order chi connectivity index (χ0) is 15.9. The van der Waals surface area contributed by atoms with E-state index in [2.05, 4.69) is 15.6 Å². The van der Waals surface area contributed by atoms with Crippen LogP contribution in [0.1, 0.15) is 0 Å². The van der Waals surface area contributed by atoms with Gasteiger partial charge >= 0.3 is 0 Å². The van der Waals surface area contributed by atoms with Gasteiger partial charge < -0.3 is 10.1 Å². The lowest BCUT2D eigenvalue weighted by atomic mass is 10.3. The molecule has 2 aromatic rings. The number of halogens is 2. The van der Waals surface area contributed by atoms with Crippen LogP contribution in [0.15, 0.2) is 42.6 Å². The van der Waals surface area contributed by atoms with Crippen molar-refractivity contribution in [1.82, 2.24) is 10.3 Å². The Kier molecular flexibility index (Phi) is 5.94. The summed E-state index contributed by atoms with van der Waals surface area (Å²) in [6.07, 6.45) is 1.61. The third-order valence-electron chi connectivity index (χ3n) is 2.41. The SMILES string of the molecule is O=C(COc1ccc(Cl)cc1Cl)NC(=S)Nc1ccccn1. The van der Waals surface area contributed by atoms with Crippen LogP contribution in [0.5, 0.6) is 5.75 Å². The van der Waals surface area contributed by atoms with Crippen molar-refractivity contribution in [2.75, 3.05) is 11.9 Å².